The van der Waals surface area contributed by atoms with Crippen LogP contribution in [0.5, 0.6) is 5.75 Å². The number of nitrogens with zero attached hydrogens (tertiary/aromatic N) is 6. The average molecular weight is 456 g/mol. The number of nitrogens with one attached hydrogen (secondary N) is 1. The molecule has 1 aliphatic rings. The molecule has 0 fully saturated rings. The van der Waals surface area contributed by atoms with E-state index in [1.807, 2.05) is 50.4 Å². The summed E-state index contributed by atoms with van der Waals surface area (Å²) in [6.45, 7) is 2.50. The quantitative estimate of drug-likeness (QED) is 0.475. The molecule has 9 heteroatoms. The van der Waals surface area contributed by atoms with E-state index in [0.717, 1.165) is 28.2 Å². The van der Waals surface area contributed by atoms with E-state index >= 15 is 0 Å². The molecule has 1 N–H and O–H groups in total. The number of pyridine rings is 2. The lowest BCUT2D eigenvalue weighted by Crippen LogP contribution is -2.18. The van der Waals surface area contributed by atoms with Crippen molar-refractivity contribution in [3.63, 3.8) is 0 Å². The van der Waals surface area contributed by atoms with Gasteiger partial charge in [0.25, 0.3) is 5.91 Å². The van der Waals surface area contributed by atoms with Gasteiger partial charge in [0.2, 0.25) is 0 Å². The van der Waals surface area contributed by atoms with E-state index in [1.165, 1.54) is 0 Å². The van der Waals surface area contributed by atoms with Crippen LogP contribution in [0, 0.1) is 6.92 Å². The molecule has 9 nitrogen and oxygen atoms in total. The summed E-state index contributed by atoms with van der Waals surface area (Å²) in [6, 6.07) is 11.7. The second-order valence-electron chi connectivity index (χ2n) is 8.40. The van der Waals surface area contributed by atoms with Crippen molar-refractivity contribution in [2.75, 3.05) is 19.5 Å². The van der Waals surface area contributed by atoms with Gasteiger partial charge in [-0.15, -0.1) is 0 Å². The van der Waals surface area contributed by atoms with Gasteiger partial charge in [-0.25, -0.2) is 4.98 Å². The normalized spacial score (nSPS) is 12.7. The monoisotopic (exact) mass is 455 g/mol. The number of ether oxygens (including phenoxy) is 1. The summed E-state index contributed by atoms with van der Waals surface area (Å²) in [7, 11) is 5.21. The topological polar surface area (TPSA) is 98.1 Å². The fraction of sp³-hybridized carbons (Fsp3) is 0.240. The molecule has 172 valence electrons. The van der Waals surface area contributed by atoms with Crippen LogP contribution in [0.15, 0.2) is 48.9 Å². The first-order chi connectivity index (χ1) is 16.4. The molecule has 1 aromatic carbocycles. The van der Waals surface area contributed by atoms with E-state index in [0.29, 0.717) is 41.5 Å². The molecule has 4 heterocycles. The van der Waals surface area contributed by atoms with Gasteiger partial charge < -0.3 is 15.0 Å². The molecule has 0 radical (unpaired) electrons. The maximum Gasteiger partial charge on any atom is 0.257 e. The second kappa shape index (κ2) is 8.58. The van der Waals surface area contributed by atoms with E-state index in [2.05, 4.69) is 20.4 Å². The van der Waals surface area contributed by atoms with Crippen LogP contribution in [0.3, 0.4) is 0 Å². The third-order valence-electron chi connectivity index (χ3n) is 5.76. The molecule has 0 atom stereocenters. The fourth-order valence-corrected chi connectivity index (χ4v) is 4.21. The highest BCUT2D eigenvalue weighted by molar-refractivity contribution is 6.03. The largest absolute Gasteiger partial charge is 0.494 e. The first-order valence-corrected chi connectivity index (χ1v) is 10.9. The van der Waals surface area contributed by atoms with Crippen LogP contribution in [0.1, 0.15) is 33.0 Å². The zero-order chi connectivity index (χ0) is 23.8. The van der Waals surface area contributed by atoms with E-state index in [1.54, 1.807) is 36.3 Å². The van der Waals surface area contributed by atoms with Gasteiger partial charge in [-0.2, -0.15) is 5.10 Å². The van der Waals surface area contributed by atoms with Crippen molar-refractivity contribution in [3.05, 3.63) is 77.1 Å². The SMILES string of the molecule is COc1c(Nc2cc(Cc3cc(C)ccn3)nc3c2C(=O)N(C)C3)cccc1-c1ncn(C)n1. The third-order valence-corrected chi connectivity index (χ3v) is 5.76. The second-order valence-corrected chi connectivity index (χ2v) is 8.40. The Kier molecular flexibility index (Phi) is 5.45. The van der Waals surface area contributed by atoms with Gasteiger partial charge in [-0.05, 0) is 42.8 Å². The molecule has 3 aromatic heterocycles. The van der Waals surface area contributed by atoms with Crippen LogP contribution in [-0.4, -0.2) is 49.7 Å². The predicted molar refractivity (Wildman–Crippen MR) is 128 cm³/mol. The zero-order valence-corrected chi connectivity index (χ0v) is 19.5. The molecule has 0 saturated heterocycles. The molecule has 1 amide bonds. The number of methoxy groups -OCH3 is 1. The molecule has 34 heavy (non-hydrogen) atoms. The average Bonchev–Trinajstić information content (AvgIpc) is 3.36. The highest BCUT2D eigenvalue weighted by atomic mass is 16.5. The number of aryl methyl sites for hydroxylation is 2. The van der Waals surface area contributed by atoms with Gasteiger partial charge in [0.05, 0.1) is 41.9 Å². The Hall–Kier alpha value is -4.27. The number of aromatic nitrogens is 5. The summed E-state index contributed by atoms with van der Waals surface area (Å²) in [5.41, 5.74) is 6.39. The van der Waals surface area contributed by atoms with Crippen LogP contribution in [0.2, 0.25) is 0 Å². The Morgan fingerprint density at radius 3 is 2.68 bits per heavy atom. The minimum atomic E-state index is -0.0632. The lowest BCUT2D eigenvalue weighted by Gasteiger charge is -2.16. The van der Waals surface area contributed by atoms with E-state index in [-0.39, 0.29) is 5.91 Å². The van der Waals surface area contributed by atoms with Gasteiger partial charge in [0.1, 0.15) is 6.33 Å². The number of hydrogen-bond donors (Lipinski definition) is 1. The number of hydrogen-bond acceptors (Lipinski definition) is 7. The van der Waals surface area contributed by atoms with Gasteiger partial charge in [-0.1, -0.05) is 6.07 Å². The number of rotatable bonds is 6. The molecule has 0 saturated carbocycles. The third kappa shape index (κ3) is 3.96. The Labute approximate surface area is 197 Å². The smallest absolute Gasteiger partial charge is 0.257 e. The molecular formula is C25H25N7O2. The summed E-state index contributed by atoms with van der Waals surface area (Å²) >= 11 is 0. The lowest BCUT2D eigenvalue weighted by molar-refractivity contribution is 0.0817. The molecule has 4 aromatic rings. The zero-order valence-electron chi connectivity index (χ0n) is 19.5. The maximum atomic E-state index is 12.9. The first-order valence-electron chi connectivity index (χ1n) is 10.9. The Bertz CT molecular complexity index is 1400. The molecule has 0 unspecified atom stereocenters. The fourth-order valence-electron chi connectivity index (χ4n) is 4.21. The molecule has 5 rings (SSSR count). The molecular weight excluding hydrogens is 430 g/mol. The van der Waals surface area contributed by atoms with Crippen LogP contribution in [-0.2, 0) is 20.0 Å². The van der Waals surface area contributed by atoms with Gasteiger partial charge in [-0.3, -0.25) is 19.4 Å². The summed E-state index contributed by atoms with van der Waals surface area (Å²) in [5.74, 6) is 1.09. The van der Waals surface area contributed by atoms with Gasteiger partial charge >= 0.3 is 0 Å². The number of carbonyl (C=O) groups is 1. The van der Waals surface area contributed by atoms with E-state index in [9.17, 15) is 4.79 Å². The summed E-state index contributed by atoms with van der Waals surface area (Å²) in [5, 5.41) is 7.84. The minimum Gasteiger partial charge on any atom is -0.494 e. The van der Waals surface area contributed by atoms with E-state index < -0.39 is 0 Å². The van der Waals surface area contributed by atoms with Crippen LogP contribution in [0.4, 0.5) is 11.4 Å². The Morgan fingerprint density at radius 2 is 1.94 bits per heavy atom. The number of carbonyl (C=O) groups excluding carboxylic acids is 1. The van der Waals surface area contributed by atoms with Crippen LogP contribution < -0.4 is 10.1 Å². The number of fused-ring (bicyclic) bond motifs is 1. The number of benzene rings is 1. The number of para-hydroxylation sites is 1. The van der Waals surface area contributed by atoms with Crippen molar-refractivity contribution >= 4 is 17.3 Å². The Balaban J connectivity index is 1.57. The molecule has 1 aliphatic heterocycles. The highest BCUT2D eigenvalue weighted by Crippen LogP contribution is 2.38. The van der Waals surface area contributed by atoms with Gasteiger partial charge in [0.15, 0.2) is 11.6 Å². The summed E-state index contributed by atoms with van der Waals surface area (Å²) in [4.78, 5) is 28.2. The number of anilines is 2. The summed E-state index contributed by atoms with van der Waals surface area (Å²) < 4.78 is 7.39. The van der Waals surface area contributed by atoms with Crippen LogP contribution in [0.25, 0.3) is 11.4 Å². The summed E-state index contributed by atoms with van der Waals surface area (Å²) in [6.07, 6.45) is 4.01. The minimum absolute atomic E-state index is 0.0632. The van der Waals surface area contributed by atoms with Crippen molar-refractivity contribution in [2.24, 2.45) is 7.05 Å². The van der Waals surface area contributed by atoms with Crippen molar-refractivity contribution in [1.82, 2.24) is 29.6 Å². The standard InChI is InChI=1S/C25H25N7O2/c1-15-8-9-26-16(10-15)11-17-12-20(22-21(28-17)13-31(2)25(22)33)29-19-7-5-6-18(23(19)34-4)24-27-14-32(3)30-24/h5-10,12,14H,11,13H2,1-4H3,(H,28,29). The van der Waals surface area contributed by atoms with Crippen molar-refractivity contribution < 1.29 is 9.53 Å². The predicted octanol–water partition coefficient (Wildman–Crippen LogP) is 3.51. The lowest BCUT2D eigenvalue weighted by atomic mass is 10.1. The maximum absolute atomic E-state index is 12.9. The van der Waals surface area contributed by atoms with E-state index in [4.69, 9.17) is 9.72 Å². The van der Waals surface area contributed by atoms with Crippen molar-refractivity contribution in [3.8, 4) is 17.1 Å². The molecule has 0 spiro atoms. The molecule has 0 bridgehead atoms. The highest BCUT2D eigenvalue weighted by Gasteiger charge is 2.30. The van der Waals surface area contributed by atoms with Gasteiger partial charge in [0, 0.05) is 38.1 Å². The van der Waals surface area contributed by atoms with Crippen molar-refractivity contribution in [2.45, 2.75) is 19.9 Å². The van der Waals surface area contributed by atoms with Crippen molar-refractivity contribution in [1.29, 1.82) is 0 Å². The Morgan fingerprint density at radius 1 is 1.09 bits per heavy atom. The number of amides is 1. The molecule has 0 aliphatic carbocycles. The first kappa shape index (κ1) is 21.6. The van der Waals surface area contributed by atoms with Crippen LogP contribution >= 0.6 is 0 Å².